The Morgan fingerprint density at radius 3 is 2.45 bits per heavy atom. The number of aromatic nitrogens is 1. The van der Waals surface area contributed by atoms with E-state index < -0.39 is 6.61 Å². The number of hydrogen-bond acceptors (Lipinski definition) is 4. The van der Waals surface area contributed by atoms with Crippen LogP contribution in [0.4, 0.5) is 8.78 Å². The van der Waals surface area contributed by atoms with Crippen LogP contribution in [0.15, 0.2) is 18.2 Å². The molecule has 6 nitrogen and oxygen atoms in total. The maximum Gasteiger partial charge on any atom is 0.387 e. The Hall–Kier alpha value is -2.90. The van der Waals surface area contributed by atoms with E-state index >= 15 is 0 Å². The molecule has 1 fully saturated rings. The number of carbonyl (C=O) groups excluding carboxylic acids is 2. The SMILES string of the molecule is COc1cc(CN(C(=O)c2[nH]c(C)c(C(C)=O)c2C)C2CC2)ccc1OC(F)F. The fourth-order valence-electron chi connectivity index (χ4n) is 3.59. The number of halogens is 2. The number of H-pyrrole nitrogens is 1. The van der Waals surface area contributed by atoms with E-state index in [-0.39, 0.29) is 29.2 Å². The number of aryl methyl sites for hydroxylation is 1. The molecule has 0 unspecified atom stereocenters. The number of ketones is 1. The normalized spacial score (nSPS) is 13.5. The zero-order valence-corrected chi connectivity index (χ0v) is 16.8. The second-order valence-corrected chi connectivity index (χ2v) is 7.21. The second-order valence-electron chi connectivity index (χ2n) is 7.21. The number of amides is 1. The van der Waals surface area contributed by atoms with Gasteiger partial charge in [-0.1, -0.05) is 6.07 Å². The van der Waals surface area contributed by atoms with Crippen LogP contribution < -0.4 is 9.47 Å². The van der Waals surface area contributed by atoms with E-state index in [0.717, 1.165) is 18.4 Å². The van der Waals surface area contributed by atoms with E-state index in [2.05, 4.69) is 9.72 Å². The number of nitrogens with one attached hydrogen (secondary N) is 1. The predicted molar refractivity (Wildman–Crippen MR) is 103 cm³/mol. The molecule has 156 valence electrons. The number of benzene rings is 1. The Bertz CT molecular complexity index is 935. The highest BCUT2D eigenvalue weighted by Crippen LogP contribution is 2.34. The lowest BCUT2D eigenvalue weighted by Gasteiger charge is -2.23. The van der Waals surface area contributed by atoms with Crippen LogP contribution in [-0.2, 0) is 6.54 Å². The highest BCUT2D eigenvalue weighted by atomic mass is 19.3. The number of nitrogens with zero attached hydrogens (tertiary/aromatic N) is 1. The van der Waals surface area contributed by atoms with Crippen LogP contribution >= 0.6 is 0 Å². The molecule has 1 aromatic carbocycles. The van der Waals surface area contributed by atoms with Crippen LogP contribution in [-0.4, -0.2) is 41.3 Å². The fraction of sp³-hybridized carbons (Fsp3) is 0.429. The number of Topliss-reactive ketones (excluding diaryl/α,β-unsaturated/α-hetero) is 1. The number of rotatable bonds is 8. The van der Waals surface area contributed by atoms with Gasteiger partial charge in [0.05, 0.1) is 7.11 Å². The lowest BCUT2D eigenvalue weighted by molar-refractivity contribution is -0.0512. The Balaban J connectivity index is 1.87. The number of methoxy groups -OCH3 is 1. The van der Waals surface area contributed by atoms with E-state index in [0.29, 0.717) is 29.1 Å². The summed E-state index contributed by atoms with van der Waals surface area (Å²) in [5, 5.41) is 0. The van der Waals surface area contributed by atoms with E-state index in [9.17, 15) is 18.4 Å². The zero-order valence-electron chi connectivity index (χ0n) is 16.8. The van der Waals surface area contributed by atoms with Crippen molar-refractivity contribution in [2.75, 3.05) is 7.11 Å². The van der Waals surface area contributed by atoms with Gasteiger partial charge in [-0.2, -0.15) is 8.78 Å². The molecule has 1 aliphatic rings. The van der Waals surface area contributed by atoms with Gasteiger partial charge >= 0.3 is 6.61 Å². The van der Waals surface area contributed by atoms with E-state index in [4.69, 9.17) is 4.74 Å². The highest BCUT2D eigenvalue weighted by molar-refractivity contribution is 6.02. The van der Waals surface area contributed by atoms with Crippen molar-refractivity contribution in [2.24, 2.45) is 0 Å². The minimum Gasteiger partial charge on any atom is -0.493 e. The van der Waals surface area contributed by atoms with E-state index in [1.165, 1.54) is 20.1 Å². The van der Waals surface area contributed by atoms with Crippen molar-refractivity contribution in [1.29, 1.82) is 0 Å². The lowest BCUT2D eigenvalue weighted by Crippen LogP contribution is -2.33. The van der Waals surface area contributed by atoms with Crippen molar-refractivity contribution in [3.8, 4) is 11.5 Å². The maximum atomic E-state index is 13.2. The smallest absolute Gasteiger partial charge is 0.387 e. The first-order valence-corrected chi connectivity index (χ1v) is 9.35. The zero-order chi connectivity index (χ0) is 21.3. The molecular weight excluding hydrogens is 382 g/mol. The monoisotopic (exact) mass is 406 g/mol. The van der Waals surface area contributed by atoms with Crippen LogP contribution in [0.3, 0.4) is 0 Å². The number of carbonyl (C=O) groups is 2. The molecule has 0 aliphatic heterocycles. The lowest BCUT2D eigenvalue weighted by atomic mass is 10.1. The molecule has 1 heterocycles. The molecule has 1 N–H and O–H groups in total. The Morgan fingerprint density at radius 2 is 1.93 bits per heavy atom. The van der Waals surface area contributed by atoms with Gasteiger partial charge in [-0.3, -0.25) is 9.59 Å². The van der Waals surface area contributed by atoms with Crippen LogP contribution in [0, 0.1) is 13.8 Å². The number of alkyl halides is 2. The first kappa shape index (κ1) is 20.8. The summed E-state index contributed by atoms with van der Waals surface area (Å²) in [5.74, 6) is -0.158. The Morgan fingerprint density at radius 1 is 1.24 bits per heavy atom. The van der Waals surface area contributed by atoms with Gasteiger partial charge in [-0.05, 0) is 56.9 Å². The van der Waals surface area contributed by atoms with Crippen LogP contribution in [0.2, 0.25) is 0 Å². The summed E-state index contributed by atoms with van der Waals surface area (Å²) in [6.07, 6.45) is 1.79. The summed E-state index contributed by atoms with van der Waals surface area (Å²) in [4.78, 5) is 29.9. The quantitative estimate of drug-likeness (QED) is 0.666. The summed E-state index contributed by atoms with van der Waals surface area (Å²) >= 11 is 0. The summed E-state index contributed by atoms with van der Waals surface area (Å²) in [5.41, 5.74) is 2.99. The molecule has 8 heteroatoms. The van der Waals surface area contributed by atoms with E-state index in [1.807, 2.05) is 0 Å². The maximum absolute atomic E-state index is 13.2. The summed E-state index contributed by atoms with van der Waals surface area (Å²) in [6.45, 7) is 2.36. The first-order valence-electron chi connectivity index (χ1n) is 9.35. The van der Waals surface area contributed by atoms with Gasteiger partial charge in [-0.25, -0.2) is 0 Å². The minimum absolute atomic E-state index is 0.0579. The molecule has 3 rings (SSSR count). The first-order chi connectivity index (χ1) is 13.7. The number of hydrogen-bond donors (Lipinski definition) is 1. The molecule has 1 aromatic heterocycles. The predicted octanol–water partition coefficient (Wildman–Crippen LogP) is 4.25. The van der Waals surface area contributed by atoms with Crippen molar-refractivity contribution >= 4 is 11.7 Å². The van der Waals surface area contributed by atoms with E-state index in [1.54, 1.807) is 30.9 Å². The highest BCUT2D eigenvalue weighted by Gasteiger charge is 2.35. The molecule has 0 radical (unpaired) electrons. The van der Waals surface area contributed by atoms with Gasteiger partial charge < -0.3 is 19.4 Å². The third-order valence-electron chi connectivity index (χ3n) is 5.05. The molecule has 0 spiro atoms. The van der Waals surface area contributed by atoms with Crippen molar-refractivity contribution in [3.63, 3.8) is 0 Å². The molecular formula is C21H24F2N2O4. The molecule has 2 aromatic rings. The van der Waals surface area contributed by atoms with Crippen LogP contribution in [0.1, 0.15) is 57.4 Å². The third kappa shape index (κ3) is 4.41. The summed E-state index contributed by atoms with van der Waals surface area (Å²) in [6, 6.07) is 4.74. The summed E-state index contributed by atoms with van der Waals surface area (Å²) in [7, 11) is 1.37. The second kappa shape index (κ2) is 8.23. The third-order valence-corrected chi connectivity index (χ3v) is 5.05. The molecule has 29 heavy (non-hydrogen) atoms. The van der Waals surface area contributed by atoms with Gasteiger partial charge in [0.15, 0.2) is 17.3 Å². The molecule has 0 saturated heterocycles. The largest absolute Gasteiger partial charge is 0.493 e. The number of ether oxygens (including phenoxy) is 2. The summed E-state index contributed by atoms with van der Waals surface area (Å²) < 4.78 is 34.7. The van der Waals surface area contributed by atoms with Gasteiger partial charge in [0, 0.05) is 23.8 Å². The topological polar surface area (TPSA) is 71.6 Å². The van der Waals surface area contributed by atoms with Crippen LogP contribution in [0.25, 0.3) is 0 Å². The molecule has 1 saturated carbocycles. The molecule has 1 amide bonds. The Kier molecular flexibility index (Phi) is 5.91. The van der Waals surface area contributed by atoms with Gasteiger partial charge in [0.2, 0.25) is 0 Å². The molecule has 0 bridgehead atoms. The van der Waals surface area contributed by atoms with Crippen molar-refractivity contribution < 1.29 is 27.8 Å². The molecule has 1 aliphatic carbocycles. The van der Waals surface area contributed by atoms with Gasteiger partial charge in [-0.15, -0.1) is 0 Å². The van der Waals surface area contributed by atoms with Crippen molar-refractivity contribution in [2.45, 2.75) is 52.8 Å². The average Bonchev–Trinajstić information content (AvgIpc) is 3.44. The van der Waals surface area contributed by atoms with Crippen molar-refractivity contribution in [3.05, 3.63) is 46.3 Å². The van der Waals surface area contributed by atoms with Crippen molar-refractivity contribution in [1.82, 2.24) is 9.88 Å². The number of aromatic amines is 1. The fourth-order valence-corrected chi connectivity index (χ4v) is 3.59. The standard InChI is InChI=1S/C21H24F2N2O4/c1-11-18(13(3)26)12(2)24-19(11)20(27)25(15-6-7-15)10-14-5-8-16(29-21(22)23)17(9-14)28-4/h5,8-9,15,21,24H,6-7,10H2,1-4H3. The minimum atomic E-state index is -2.95. The Labute approximate surface area is 167 Å². The molecule has 0 atom stereocenters. The van der Waals surface area contributed by atoms with Gasteiger partial charge in [0.25, 0.3) is 5.91 Å². The van der Waals surface area contributed by atoms with Crippen LogP contribution in [0.5, 0.6) is 11.5 Å². The average molecular weight is 406 g/mol. The van der Waals surface area contributed by atoms with Gasteiger partial charge in [0.1, 0.15) is 5.69 Å².